The summed E-state index contributed by atoms with van der Waals surface area (Å²) in [6.45, 7) is 19.0. The quantitative estimate of drug-likeness (QED) is 0.0747. The van der Waals surface area contributed by atoms with Crippen LogP contribution in [0.2, 0.25) is 39.3 Å². The molecule has 1 aliphatic rings. The van der Waals surface area contributed by atoms with E-state index < -0.39 is 27.7 Å². The van der Waals surface area contributed by atoms with E-state index >= 15 is 0 Å². The molecule has 4 aromatic heterocycles. The van der Waals surface area contributed by atoms with Gasteiger partial charge in [-0.05, 0) is 57.9 Å². The number of ketones is 2. The molecule has 4 nitrogen and oxygen atoms in total. The second-order valence-electron chi connectivity index (χ2n) is 14.1. The monoisotopic (exact) mass is 698 g/mol. The fraction of sp³-hybridized carbons (Fsp3) is 0.529. The predicted molar refractivity (Wildman–Crippen MR) is 200 cm³/mol. The van der Waals surface area contributed by atoms with Gasteiger partial charge in [0.2, 0.25) is 0 Å². The number of aromatic nitrogens is 2. The highest BCUT2D eigenvalue weighted by atomic mass is 32.1. The zero-order valence-corrected chi connectivity index (χ0v) is 32.8. The first-order valence-corrected chi connectivity index (χ1v) is 26.5. The van der Waals surface area contributed by atoms with Crippen molar-refractivity contribution in [1.82, 2.24) is 9.97 Å². The lowest BCUT2D eigenvalue weighted by atomic mass is 10.0. The molecular weight excluding hydrogens is 653 g/mol. The number of fused-ring (bicyclic) bond motifs is 3. The summed E-state index contributed by atoms with van der Waals surface area (Å²) in [4.78, 5) is 40.3. The average molecular weight is 699 g/mol. The van der Waals surface area contributed by atoms with E-state index in [0.29, 0.717) is 11.4 Å². The highest BCUT2D eigenvalue weighted by molar-refractivity contribution is 7.33. The van der Waals surface area contributed by atoms with Gasteiger partial charge in [-0.1, -0.05) is 91.7 Å². The Hall–Kier alpha value is -1.57. The third-order valence-corrected chi connectivity index (χ3v) is 20.3. The fourth-order valence-corrected chi connectivity index (χ4v) is 15.6. The van der Waals surface area contributed by atoms with Crippen LogP contribution in [-0.2, 0) is 12.8 Å². The van der Waals surface area contributed by atoms with Crippen molar-refractivity contribution in [3.05, 3.63) is 34.6 Å². The fourth-order valence-electron chi connectivity index (χ4n) is 5.88. The third-order valence-electron chi connectivity index (χ3n) is 8.10. The molecule has 0 saturated heterocycles. The van der Waals surface area contributed by atoms with E-state index in [1.54, 1.807) is 22.7 Å². The second kappa shape index (κ2) is 13.7. The molecule has 0 bridgehead atoms. The molecule has 236 valence electrons. The van der Waals surface area contributed by atoms with Gasteiger partial charge in [-0.3, -0.25) is 9.59 Å². The molecular formula is C34H46N2O2S4Si2. The Kier molecular flexibility index (Phi) is 10.5. The van der Waals surface area contributed by atoms with Gasteiger partial charge in [-0.15, -0.1) is 45.3 Å². The molecule has 5 rings (SSSR count). The Morgan fingerprint density at radius 1 is 0.568 bits per heavy atom. The SMILES string of the molecule is CCCCCCc1cc(-c2nc3c(s2)-c2sc(-c4cc(CCCCCC)c([Si](C)(C)C)s4)nc2C(=O)C3=O)sc1[Si](C)(C)C. The van der Waals surface area contributed by atoms with E-state index in [2.05, 4.69) is 65.3 Å². The van der Waals surface area contributed by atoms with Gasteiger partial charge in [0.05, 0.1) is 35.7 Å². The first-order valence-electron chi connectivity index (χ1n) is 16.2. The number of nitrogens with zero attached hydrogens (tertiary/aromatic N) is 2. The molecule has 0 saturated carbocycles. The van der Waals surface area contributed by atoms with Crippen molar-refractivity contribution in [2.75, 3.05) is 0 Å². The van der Waals surface area contributed by atoms with Crippen molar-refractivity contribution in [3.63, 3.8) is 0 Å². The molecule has 4 aromatic rings. The van der Waals surface area contributed by atoms with Crippen LogP contribution in [0.25, 0.3) is 29.5 Å². The smallest absolute Gasteiger partial charge is 0.255 e. The van der Waals surface area contributed by atoms with Crippen molar-refractivity contribution in [3.8, 4) is 29.5 Å². The maximum absolute atomic E-state index is 13.3. The number of hydrogen-bond acceptors (Lipinski definition) is 8. The largest absolute Gasteiger partial charge is 0.283 e. The molecule has 0 spiro atoms. The third kappa shape index (κ3) is 7.05. The van der Waals surface area contributed by atoms with Crippen molar-refractivity contribution in [2.45, 2.75) is 117 Å². The maximum Gasteiger partial charge on any atom is 0.255 e. The minimum Gasteiger partial charge on any atom is -0.283 e. The summed E-state index contributed by atoms with van der Waals surface area (Å²) in [5.74, 6) is -1.03. The van der Waals surface area contributed by atoms with E-state index in [1.807, 2.05) is 22.7 Å². The van der Waals surface area contributed by atoms with Crippen LogP contribution in [-0.4, -0.2) is 37.7 Å². The zero-order chi connectivity index (χ0) is 31.8. The van der Waals surface area contributed by atoms with Crippen molar-refractivity contribution < 1.29 is 9.59 Å². The van der Waals surface area contributed by atoms with Gasteiger partial charge in [0.25, 0.3) is 11.6 Å². The molecule has 0 N–H and O–H groups in total. The van der Waals surface area contributed by atoms with Crippen LogP contribution >= 0.6 is 45.3 Å². The topological polar surface area (TPSA) is 59.9 Å². The summed E-state index contributed by atoms with van der Waals surface area (Å²) >= 11 is 6.83. The van der Waals surface area contributed by atoms with Gasteiger partial charge in [-0.25, -0.2) is 9.97 Å². The van der Waals surface area contributed by atoms with Crippen LogP contribution in [0.15, 0.2) is 12.1 Å². The van der Waals surface area contributed by atoms with Crippen LogP contribution in [0.4, 0.5) is 0 Å². The highest BCUT2D eigenvalue weighted by Crippen LogP contribution is 2.47. The molecule has 0 unspecified atom stereocenters. The van der Waals surface area contributed by atoms with E-state index in [1.165, 1.54) is 71.5 Å². The van der Waals surface area contributed by atoms with Gasteiger partial charge < -0.3 is 0 Å². The number of carbonyl (C=O) groups is 2. The van der Waals surface area contributed by atoms with E-state index in [0.717, 1.165) is 42.4 Å². The number of Topliss-reactive ketones (excluding diaryl/α,β-unsaturated/α-hetero) is 2. The van der Waals surface area contributed by atoms with Crippen molar-refractivity contribution >= 4 is 82.1 Å². The number of hydrogen-bond donors (Lipinski definition) is 0. The van der Waals surface area contributed by atoms with Crippen LogP contribution < -0.4 is 9.00 Å². The van der Waals surface area contributed by atoms with Crippen molar-refractivity contribution in [2.24, 2.45) is 0 Å². The number of rotatable bonds is 14. The maximum atomic E-state index is 13.3. The number of aryl methyl sites for hydroxylation is 2. The minimum atomic E-state index is -1.54. The van der Waals surface area contributed by atoms with E-state index in [-0.39, 0.29) is 0 Å². The molecule has 0 fully saturated rings. The first kappa shape index (κ1) is 33.8. The molecule has 0 radical (unpaired) electrons. The Balaban J connectivity index is 1.51. The van der Waals surface area contributed by atoms with Crippen LogP contribution in [0.1, 0.15) is 97.3 Å². The lowest BCUT2D eigenvalue weighted by molar-refractivity contribution is 0.0810. The van der Waals surface area contributed by atoms with E-state index in [4.69, 9.17) is 9.97 Å². The van der Waals surface area contributed by atoms with Gasteiger partial charge in [0, 0.05) is 0 Å². The van der Waals surface area contributed by atoms with Crippen LogP contribution in [0, 0.1) is 0 Å². The molecule has 10 heteroatoms. The Morgan fingerprint density at radius 2 is 0.955 bits per heavy atom. The summed E-state index contributed by atoms with van der Waals surface area (Å²) in [6.07, 6.45) is 12.2. The Labute approximate surface area is 281 Å². The molecule has 1 aliphatic carbocycles. The lowest BCUT2D eigenvalue weighted by Gasteiger charge is -2.16. The van der Waals surface area contributed by atoms with Crippen LogP contribution in [0.5, 0.6) is 0 Å². The molecule has 0 amide bonds. The predicted octanol–water partition coefficient (Wildman–Crippen LogP) is 10.4. The molecule has 44 heavy (non-hydrogen) atoms. The number of thiazole rings is 2. The number of carbonyl (C=O) groups excluding carboxylic acids is 2. The summed E-state index contributed by atoms with van der Waals surface area (Å²) < 4.78 is 3.06. The number of thiophene rings is 2. The van der Waals surface area contributed by atoms with Gasteiger partial charge >= 0.3 is 0 Å². The lowest BCUT2D eigenvalue weighted by Crippen LogP contribution is -2.37. The van der Waals surface area contributed by atoms with Crippen LogP contribution in [0.3, 0.4) is 0 Å². The van der Waals surface area contributed by atoms with Crippen molar-refractivity contribution in [1.29, 1.82) is 0 Å². The summed E-state index contributed by atoms with van der Waals surface area (Å²) in [5, 5.41) is 1.71. The average Bonchev–Trinajstić information content (AvgIpc) is 3.74. The summed E-state index contributed by atoms with van der Waals surface area (Å²) in [6, 6.07) is 4.65. The Morgan fingerprint density at radius 3 is 1.30 bits per heavy atom. The Bertz CT molecular complexity index is 1540. The molecule has 0 aromatic carbocycles. The second-order valence-corrected chi connectivity index (χ2v) is 28.9. The van der Waals surface area contributed by atoms with Gasteiger partial charge in [0.1, 0.15) is 21.4 Å². The number of unbranched alkanes of at least 4 members (excludes halogenated alkanes) is 6. The summed E-state index contributed by atoms with van der Waals surface area (Å²) in [7, 11) is -3.09. The molecule has 0 atom stereocenters. The standard InChI is InChI=1S/C34H46N2O2S4Si2/c1-9-11-13-15-17-21-19-23(39-33(21)43(3,4)5)31-35-25-27(37)28(38)26-30(29(25)41-31)42-32(36-26)24-20-22(18-16-14-12-10-2)34(40-24)44(6,7)8/h19-20H,9-18H2,1-8H3. The van der Waals surface area contributed by atoms with E-state index in [9.17, 15) is 9.59 Å². The molecule has 0 aliphatic heterocycles. The first-order chi connectivity index (χ1) is 20.8. The summed E-state index contributed by atoms with van der Waals surface area (Å²) in [5.41, 5.74) is 3.54. The zero-order valence-electron chi connectivity index (χ0n) is 27.6. The normalized spacial score (nSPS) is 13.5. The van der Waals surface area contributed by atoms with Gasteiger partial charge in [0.15, 0.2) is 0 Å². The highest BCUT2D eigenvalue weighted by Gasteiger charge is 2.38. The van der Waals surface area contributed by atoms with Gasteiger partial charge in [-0.2, -0.15) is 0 Å². The minimum absolute atomic E-state index is 0.315. The molecule has 4 heterocycles.